The van der Waals surface area contributed by atoms with Crippen LogP contribution in [0.15, 0.2) is 140 Å². The van der Waals surface area contributed by atoms with Crippen molar-refractivity contribution in [1.29, 1.82) is 0 Å². The average Bonchev–Trinajstić information content (AvgIpc) is 3.55. The Morgan fingerprint density at radius 1 is 0.425 bits per heavy atom. The average molecular weight is 510 g/mol. The Bertz CT molecular complexity index is 2430. The number of hydrogen-bond acceptors (Lipinski definition) is 1. The summed E-state index contributed by atoms with van der Waals surface area (Å²) in [5.74, 6) is 0. The third-order valence-electron chi connectivity index (χ3n) is 8.34. The SMILES string of the molecule is c1ccc(-n2c3ccccc3c3c4ccccc4c4c5ccccc5n(-c5ccc6cnccc6c5)c4c32)cc1. The van der Waals surface area contributed by atoms with E-state index >= 15 is 0 Å². The van der Waals surface area contributed by atoms with Gasteiger partial charge in [-0.3, -0.25) is 4.98 Å². The maximum Gasteiger partial charge on any atom is 0.0795 e. The molecule has 9 rings (SSSR count). The molecule has 186 valence electrons. The predicted molar refractivity (Wildman–Crippen MR) is 168 cm³/mol. The van der Waals surface area contributed by atoms with Crippen molar-refractivity contribution in [2.24, 2.45) is 0 Å². The summed E-state index contributed by atoms with van der Waals surface area (Å²) < 4.78 is 4.93. The normalized spacial score (nSPS) is 12.0. The van der Waals surface area contributed by atoms with Crippen molar-refractivity contribution < 1.29 is 0 Å². The molecule has 0 atom stereocenters. The van der Waals surface area contributed by atoms with Gasteiger partial charge in [0.25, 0.3) is 0 Å². The fraction of sp³-hybridized carbons (Fsp3) is 0. The van der Waals surface area contributed by atoms with Crippen molar-refractivity contribution in [3.05, 3.63) is 140 Å². The van der Waals surface area contributed by atoms with Crippen LogP contribution >= 0.6 is 0 Å². The van der Waals surface area contributed by atoms with E-state index in [1.807, 2.05) is 12.4 Å². The lowest BCUT2D eigenvalue weighted by Crippen LogP contribution is -1.99. The third kappa shape index (κ3) is 2.81. The molecule has 3 aromatic heterocycles. The van der Waals surface area contributed by atoms with Crippen LogP contribution in [0.1, 0.15) is 0 Å². The Balaban J connectivity index is 1.63. The number of nitrogens with zero attached hydrogens (tertiary/aromatic N) is 3. The van der Waals surface area contributed by atoms with Crippen molar-refractivity contribution >= 4 is 65.2 Å². The quantitative estimate of drug-likeness (QED) is 0.227. The zero-order chi connectivity index (χ0) is 26.2. The van der Waals surface area contributed by atoms with Crippen molar-refractivity contribution in [3.63, 3.8) is 0 Å². The molecule has 0 fully saturated rings. The molecule has 0 saturated carbocycles. The van der Waals surface area contributed by atoms with Gasteiger partial charge >= 0.3 is 0 Å². The van der Waals surface area contributed by atoms with Crippen LogP contribution in [0.3, 0.4) is 0 Å². The van der Waals surface area contributed by atoms with Crippen LogP contribution < -0.4 is 0 Å². The Labute approximate surface area is 230 Å². The fourth-order valence-corrected chi connectivity index (χ4v) is 6.72. The van der Waals surface area contributed by atoms with Gasteiger partial charge in [0.1, 0.15) is 0 Å². The van der Waals surface area contributed by atoms with E-state index in [9.17, 15) is 0 Å². The Morgan fingerprint density at radius 3 is 1.62 bits per heavy atom. The molecule has 0 N–H and O–H groups in total. The summed E-state index contributed by atoms with van der Waals surface area (Å²) in [4.78, 5) is 4.34. The van der Waals surface area contributed by atoms with Crippen LogP contribution in [0.2, 0.25) is 0 Å². The summed E-state index contributed by atoms with van der Waals surface area (Å²) in [5, 5.41) is 9.98. The number of aromatic nitrogens is 3. The summed E-state index contributed by atoms with van der Waals surface area (Å²) in [7, 11) is 0. The second-order valence-electron chi connectivity index (χ2n) is 10.4. The topological polar surface area (TPSA) is 22.8 Å². The summed E-state index contributed by atoms with van der Waals surface area (Å²) in [6.07, 6.45) is 3.81. The minimum Gasteiger partial charge on any atom is -0.307 e. The molecule has 3 nitrogen and oxygen atoms in total. The highest BCUT2D eigenvalue weighted by molar-refractivity contribution is 6.36. The molecule has 3 heterocycles. The van der Waals surface area contributed by atoms with E-state index in [1.54, 1.807) is 0 Å². The first-order chi connectivity index (χ1) is 19.9. The highest BCUT2D eigenvalue weighted by atomic mass is 15.0. The number of para-hydroxylation sites is 3. The van der Waals surface area contributed by atoms with E-state index in [0.29, 0.717) is 0 Å². The van der Waals surface area contributed by atoms with Crippen molar-refractivity contribution in [3.8, 4) is 11.4 Å². The van der Waals surface area contributed by atoms with Gasteiger partial charge in [-0.2, -0.15) is 0 Å². The third-order valence-corrected chi connectivity index (χ3v) is 8.34. The largest absolute Gasteiger partial charge is 0.307 e. The number of fused-ring (bicyclic) bond motifs is 11. The maximum atomic E-state index is 4.34. The smallest absolute Gasteiger partial charge is 0.0795 e. The second kappa shape index (κ2) is 8.05. The lowest BCUT2D eigenvalue weighted by molar-refractivity contribution is 1.15. The van der Waals surface area contributed by atoms with Crippen LogP contribution in [0.25, 0.3) is 76.5 Å². The molecular formula is C37H23N3. The van der Waals surface area contributed by atoms with E-state index in [1.165, 1.54) is 59.8 Å². The molecule has 0 aliphatic heterocycles. The standard InChI is InChI=1S/C37H23N3/c1-2-10-26(11-3-1)39-32-16-8-6-14-30(32)34-28-12-4-5-13-29(28)35-31-15-7-9-17-33(31)40(37(35)36(34)39)27-19-18-25-23-38-21-20-24(25)22-27/h1-23H. The molecule has 0 amide bonds. The first-order valence-electron chi connectivity index (χ1n) is 13.6. The number of hydrogen-bond donors (Lipinski definition) is 0. The Morgan fingerprint density at radius 2 is 0.975 bits per heavy atom. The Hall–Kier alpha value is -5.41. The van der Waals surface area contributed by atoms with Crippen LogP contribution in [-0.2, 0) is 0 Å². The predicted octanol–water partition coefficient (Wildman–Crippen LogP) is 9.58. The zero-order valence-corrected chi connectivity index (χ0v) is 21.6. The molecule has 0 aliphatic carbocycles. The minimum absolute atomic E-state index is 1.14. The molecule has 40 heavy (non-hydrogen) atoms. The molecule has 0 radical (unpaired) electrons. The van der Waals surface area contributed by atoms with Gasteiger partial charge in [-0.15, -0.1) is 0 Å². The van der Waals surface area contributed by atoms with Gasteiger partial charge in [0.2, 0.25) is 0 Å². The van der Waals surface area contributed by atoms with Gasteiger partial charge in [-0.05, 0) is 58.6 Å². The van der Waals surface area contributed by atoms with Gasteiger partial charge in [0.15, 0.2) is 0 Å². The number of pyridine rings is 1. The number of benzene rings is 6. The first kappa shape index (κ1) is 21.5. The van der Waals surface area contributed by atoms with E-state index in [4.69, 9.17) is 0 Å². The fourth-order valence-electron chi connectivity index (χ4n) is 6.72. The van der Waals surface area contributed by atoms with Crippen molar-refractivity contribution in [1.82, 2.24) is 14.1 Å². The zero-order valence-electron chi connectivity index (χ0n) is 21.6. The molecule has 0 aliphatic rings. The second-order valence-corrected chi connectivity index (χ2v) is 10.4. The highest BCUT2D eigenvalue weighted by Crippen LogP contribution is 2.46. The van der Waals surface area contributed by atoms with Gasteiger partial charge < -0.3 is 9.13 Å². The molecule has 0 saturated heterocycles. The molecule has 3 heteroatoms. The minimum atomic E-state index is 1.14. The van der Waals surface area contributed by atoms with E-state index in [2.05, 4.69) is 142 Å². The first-order valence-corrected chi connectivity index (χ1v) is 13.6. The molecule has 9 aromatic rings. The monoisotopic (exact) mass is 509 g/mol. The maximum absolute atomic E-state index is 4.34. The summed E-state index contributed by atoms with van der Waals surface area (Å²) in [6.45, 7) is 0. The summed E-state index contributed by atoms with van der Waals surface area (Å²) >= 11 is 0. The molecular weight excluding hydrogens is 486 g/mol. The van der Waals surface area contributed by atoms with E-state index in [0.717, 1.165) is 16.8 Å². The van der Waals surface area contributed by atoms with Crippen molar-refractivity contribution in [2.75, 3.05) is 0 Å². The van der Waals surface area contributed by atoms with Gasteiger partial charge in [0.05, 0.1) is 22.1 Å². The van der Waals surface area contributed by atoms with Crippen LogP contribution in [-0.4, -0.2) is 14.1 Å². The molecule has 0 spiro atoms. The summed E-state index contributed by atoms with van der Waals surface area (Å²) in [6, 6.07) is 46.1. The highest BCUT2D eigenvalue weighted by Gasteiger charge is 2.24. The van der Waals surface area contributed by atoms with Crippen LogP contribution in [0.5, 0.6) is 0 Å². The Kier molecular flexibility index (Phi) is 4.33. The van der Waals surface area contributed by atoms with Crippen LogP contribution in [0, 0.1) is 0 Å². The lowest BCUT2D eigenvalue weighted by Gasteiger charge is -2.14. The lowest BCUT2D eigenvalue weighted by atomic mass is 9.98. The number of rotatable bonds is 2. The van der Waals surface area contributed by atoms with Crippen LogP contribution in [0.4, 0.5) is 0 Å². The van der Waals surface area contributed by atoms with E-state index in [-0.39, 0.29) is 0 Å². The van der Waals surface area contributed by atoms with Gasteiger partial charge in [0, 0.05) is 50.7 Å². The molecule has 0 bridgehead atoms. The molecule has 6 aromatic carbocycles. The summed E-state index contributed by atoms with van der Waals surface area (Å²) in [5.41, 5.74) is 7.17. The molecule has 0 unspecified atom stereocenters. The van der Waals surface area contributed by atoms with Gasteiger partial charge in [-0.25, -0.2) is 0 Å². The van der Waals surface area contributed by atoms with Crippen molar-refractivity contribution in [2.45, 2.75) is 0 Å². The van der Waals surface area contributed by atoms with E-state index < -0.39 is 0 Å². The van der Waals surface area contributed by atoms with Gasteiger partial charge in [-0.1, -0.05) is 84.9 Å².